The lowest BCUT2D eigenvalue weighted by Crippen LogP contribution is -2.24. The van der Waals surface area contributed by atoms with E-state index in [-0.39, 0.29) is 11.9 Å². The maximum absolute atomic E-state index is 11.6. The van der Waals surface area contributed by atoms with Crippen molar-refractivity contribution >= 4 is 11.8 Å². The standard InChI is InChI=1S/C13H18N2O2/c1-9-4-5-12(14-6-9)15-7-10(2)11(8-15)13(16)17-3/h4-6,10-11H,7-8H2,1-3H3. The number of rotatable bonds is 2. The zero-order valence-electron chi connectivity index (χ0n) is 10.5. The Hall–Kier alpha value is -1.58. The molecule has 1 aromatic heterocycles. The van der Waals surface area contributed by atoms with Gasteiger partial charge in [-0.2, -0.15) is 0 Å². The van der Waals surface area contributed by atoms with Gasteiger partial charge < -0.3 is 9.64 Å². The fraction of sp³-hybridized carbons (Fsp3) is 0.538. The molecule has 0 aliphatic carbocycles. The van der Waals surface area contributed by atoms with Crippen LogP contribution in [-0.4, -0.2) is 31.2 Å². The molecule has 1 fully saturated rings. The molecule has 0 N–H and O–H groups in total. The van der Waals surface area contributed by atoms with Gasteiger partial charge in [0.1, 0.15) is 5.82 Å². The van der Waals surface area contributed by atoms with E-state index in [1.807, 2.05) is 25.3 Å². The fourth-order valence-electron chi connectivity index (χ4n) is 2.26. The number of aromatic nitrogens is 1. The first-order chi connectivity index (χ1) is 8.11. The predicted molar refractivity (Wildman–Crippen MR) is 65.9 cm³/mol. The van der Waals surface area contributed by atoms with Gasteiger partial charge in [0.15, 0.2) is 0 Å². The molecule has 17 heavy (non-hydrogen) atoms. The van der Waals surface area contributed by atoms with Gasteiger partial charge >= 0.3 is 5.97 Å². The first-order valence-electron chi connectivity index (χ1n) is 5.87. The van der Waals surface area contributed by atoms with Crippen molar-refractivity contribution in [1.29, 1.82) is 0 Å². The van der Waals surface area contributed by atoms with Crippen molar-refractivity contribution < 1.29 is 9.53 Å². The highest BCUT2D eigenvalue weighted by Crippen LogP contribution is 2.27. The average molecular weight is 234 g/mol. The van der Waals surface area contributed by atoms with Gasteiger partial charge in [-0.15, -0.1) is 0 Å². The van der Waals surface area contributed by atoms with Crippen LogP contribution in [0.5, 0.6) is 0 Å². The van der Waals surface area contributed by atoms with Gasteiger partial charge in [-0.1, -0.05) is 13.0 Å². The Morgan fingerprint density at radius 1 is 1.47 bits per heavy atom. The predicted octanol–water partition coefficient (Wildman–Crippen LogP) is 1.64. The minimum Gasteiger partial charge on any atom is -0.469 e. The van der Waals surface area contributed by atoms with E-state index in [0.717, 1.165) is 17.9 Å². The van der Waals surface area contributed by atoms with Crippen molar-refractivity contribution in [2.24, 2.45) is 11.8 Å². The molecule has 0 saturated carbocycles. The molecule has 0 bridgehead atoms. The van der Waals surface area contributed by atoms with E-state index >= 15 is 0 Å². The lowest BCUT2D eigenvalue weighted by Gasteiger charge is -2.16. The lowest BCUT2D eigenvalue weighted by atomic mass is 9.99. The van der Waals surface area contributed by atoms with Crippen LogP contribution in [0.4, 0.5) is 5.82 Å². The Morgan fingerprint density at radius 3 is 2.82 bits per heavy atom. The number of pyridine rings is 1. The molecule has 1 aliphatic heterocycles. The first kappa shape index (κ1) is 11.9. The highest BCUT2D eigenvalue weighted by Gasteiger charge is 2.35. The van der Waals surface area contributed by atoms with Crippen molar-refractivity contribution in [3.8, 4) is 0 Å². The summed E-state index contributed by atoms with van der Waals surface area (Å²) in [5.41, 5.74) is 1.14. The molecule has 2 unspecified atom stereocenters. The van der Waals surface area contributed by atoms with E-state index < -0.39 is 0 Å². The van der Waals surface area contributed by atoms with Crippen LogP contribution in [0, 0.1) is 18.8 Å². The second-order valence-electron chi connectivity index (χ2n) is 4.71. The van der Waals surface area contributed by atoms with E-state index in [9.17, 15) is 4.79 Å². The van der Waals surface area contributed by atoms with Crippen LogP contribution in [0.25, 0.3) is 0 Å². The van der Waals surface area contributed by atoms with E-state index in [0.29, 0.717) is 12.5 Å². The number of carbonyl (C=O) groups is 1. The summed E-state index contributed by atoms with van der Waals surface area (Å²) >= 11 is 0. The molecule has 0 spiro atoms. The van der Waals surface area contributed by atoms with Crippen LogP contribution in [0.2, 0.25) is 0 Å². The highest BCUT2D eigenvalue weighted by molar-refractivity contribution is 5.74. The number of methoxy groups -OCH3 is 1. The van der Waals surface area contributed by atoms with E-state index in [2.05, 4.69) is 16.8 Å². The van der Waals surface area contributed by atoms with Crippen molar-refractivity contribution in [2.45, 2.75) is 13.8 Å². The number of hydrogen-bond donors (Lipinski definition) is 0. The molecule has 92 valence electrons. The number of anilines is 1. The largest absolute Gasteiger partial charge is 0.469 e. The van der Waals surface area contributed by atoms with Gasteiger partial charge in [-0.25, -0.2) is 4.98 Å². The van der Waals surface area contributed by atoms with Gasteiger partial charge in [-0.3, -0.25) is 4.79 Å². The Morgan fingerprint density at radius 2 is 2.24 bits per heavy atom. The summed E-state index contributed by atoms with van der Waals surface area (Å²) in [6.45, 7) is 5.65. The zero-order valence-corrected chi connectivity index (χ0v) is 10.5. The van der Waals surface area contributed by atoms with Crippen molar-refractivity contribution in [3.05, 3.63) is 23.9 Å². The number of hydrogen-bond acceptors (Lipinski definition) is 4. The van der Waals surface area contributed by atoms with Gasteiger partial charge in [0, 0.05) is 19.3 Å². The summed E-state index contributed by atoms with van der Waals surface area (Å²) in [5.74, 6) is 1.09. The van der Waals surface area contributed by atoms with Crippen LogP contribution in [0.15, 0.2) is 18.3 Å². The van der Waals surface area contributed by atoms with Crippen LogP contribution >= 0.6 is 0 Å². The molecule has 1 aromatic rings. The molecule has 4 heteroatoms. The smallest absolute Gasteiger partial charge is 0.310 e. The molecular formula is C13H18N2O2. The second-order valence-corrected chi connectivity index (χ2v) is 4.71. The SMILES string of the molecule is COC(=O)C1CN(c2ccc(C)cn2)CC1C. The topological polar surface area (TPSA) is 42.4 Å². The second kappa shape index (κ2) is 4.73. The minimum atomic E-state index is -0.118. The fourth-order valence-corrected chi connectivity index (χ4v) is 2.26. The molecule has 4 nitrogen and oxygen atoms in total. The summed E-state index contributed by atoms with van der Waals surface area (Å²) in [6.07, 6.45) is 1.85. The normalized spacial score (nSPS) is 23.8. The summed E-state index contributed by atoms with van der Waals surface area (Å²) in [6, 6.07) is 4.04. The van der Waals surface area contributed by atoms with Crippen molar-refractivity contribution in [3.63, 3.8) is 0 Å². The van der Waals surface area contributed by atoms with Gasteiger partial charge in [-0.05, 0) is 24.5 Å². The average Bonchev–Trinajstić information content (AvgIpc) is 2.71. The van der Waals surface area contributed by atoms with Crippen molar-refractivity contribution in [1.82, 2.24) is 4.98 Å². The lowest BCUT2D eigenvalue weighted by molar-refractivity contribution is -0.145. The molecular weight excluding hydrogens is 216 g/mol. The number of aryl methyl sites for hydroxylation is 1. The maximum atomic E-state index is 11.6. The minimum absolute atomic E-state index is 0.0388. The summed E-state index contributed by atoms with van der Waals surface area (Å²) in [4.78, 5) is 18.1. The molecule has 0 radical (unpaired) electrons. The molecule has 1 saturated heterocycles. The number of esters is 1. The Balaban J connectivity index is 2.10. The molecule has 2 atom stereocenters. The monoisotopic (exact) mass is 234 g/mol. The van der Waals surface area contributed by atoms with Crippen molar-refractivity contribution in [2.75, 3.05) is 25.1 Å². The molecule has 2 rings (SSSR count). The molecule has 1 aliphatic rings. The maximum Gasteiger partial charge on any atom is 0.310 e. The van der Waals surface area contributed by atoms with Gasteiger partial charge in [0.2, 0.25) is 0 Å². The quantitative estimate of drug-likeness (QED) is 0.729. The molecule has 0 amide bonds. The Kier molecular flexibility index (Phi) is 3.31. The van der Waals surface area contributed by atoms with Crippen LogP contribution in [0.1, 0.15) is 12.5 Å². The van der Waals surface area contributed by atoms with E-state index in [4.69, 9.17) is 4.74 Å². The summed E-state index contributed by atoms with van der Waals surface area (Å²) in [5, 5.41) is 0. The van der Waals surface area contributed by atoms with E-state index in [1.54, 1.807) is 0 Å². The van der Waals surface area contributed by atoms with Gasteiger partial charge in [0.05, 0.1) is 13.0 Å². The highest BCUT2D eigenvalue weighted by atomic mass is 16.5. The zero-order chi connectivity index (χ0) is 12.4. The summed E-state index contributed by atoms with van der Waals surface area (Å²) < 4.78 is 4.82. The van der Waals surface area contributed by atoms with Crippen LogP contribution < -0.4 is 4.90 Å². The van der Waals surface area contributed by atoms with Crippen LogP contribution in [-0.2, 0) is 9.53 Å². The van der Waals surface area contributed by atoms with E-state index in [1.165, 1.54) is 7.11 Å². The van der Waals surface area contributed by atoms with Crippen LogP contribution in [0.3, 0.4) is 0 Å². The van der Waals surface area contributed by atoms with Gasteiger partial charge in [0.25, 0.3) is 0 Å². The molecule has 2 heterocycles. The number of nitrogens with zero attached hydrogens (tertiary/aromatic N) is 2. The number of ether oxygens (including phenoxy) is 1. The third-order valence-corrected chi connectivity index (χ3v) is 3.34. The number of carbonyl (C=O) groups excluding carboxylic acids is 1. The third kappa shape index (κ3) is 2.40. The molecule has 0 aromatic carbocycles. The third-order valence-electron chi connectivity index (χ3n) is 3.34. The Labute approximate surface area is 102 Å². The summed E-state index contributed by atoms with van der Waals surface area (Å²) in [7, 11) is 1.45. The Bertz CT molecular complexity index is 402. The first-order valence-corrected chi connectivity index (χ1v) is 5.87.